The van der Waals surface area contributed by atoms with E-state index in [1.807, 2.05) is 30.3 Å². The van der Waals surface area contributed by atoms with E-state index >= 15 is 0 Å². The zero-order chi connectivity index (χ0) is 13.1. The third kappa shape index (κ3) is 2.90. The van der Waals surface area contributed by atoms with Crippen LogP contribution in [0, 0.1) is 0 Å². The highest BCUT2D eigenvalue weighted by molar-refractivity contribution is 9.10. The first kappa shape index (κ1) is 12.1. The zero-order valence-electron chi connectivity index (χ0n) is 10.2. The van der Waals surface area contributed by atoms with Gasteiger partial charge in [0.1, 0.15) is 0 Å². The van der Waals surface area contributed by atoms with Gasteiger partial charge in [0, 0.05) is 27.9 Å². The molecule has 0 saturated heterocycles. The predicted molar refractivity (Wildman–Crippen MR) is 81.0 cm³/mol. The molecular weight excluding hydrogens is 302 g/mol. The van der Waals surface area contributed by atoms with E-state index in [1.165, 1.54) is 0 Å². The molecule has 0 atom stereocenters. The molecule has 0 amide bonds. The van der Waals surface area contributed by atoms with Gasteiger partial charge in [-0.2, -0.15) is 0 Å². The van der Waals surface area contributed by atoms with Crippen molar-refractivity contribution in [1.29, 1.82) is 0 Å². The molecule has 0 fully saturated rings. The van der Waals surface area contributed by atoms with E-state index in [9.17, 15) is 0 Å². The van der Waals surface area contributed by atoms with Gasteiger partial charge in [-0.3, -0.25) is 9.97 Å². The molecule has 0 saturated carbocycles. The second-order valence-corrected chi connectivity index (χ2v) is 5.15. The first-order chi connectivity index (χ1) is 9.31. The molecule has 0 spiro atoms. The monoisotopic (exact) mass is 313 g/mol. The average Bonchev–Trinajstić information content (AvgIpc) is 2.46. The van der Waals surface area contributed by atoms with Crippen LogP contribution in [-0.2, 0) is 6.54 Å². The summed E-state index contributed by atoms with van der Waals surface area (Å²) in [5, 5.41) is 4.50. The number of aromatic nitrogens is 2. The fraction of sp³-hybridized carbons (Fsp3) is 0.0667. The van der Waals surface area contributed by atoms with Crippen molar-refractivity contribution < 1.29 is 0 Å². The summed E-state index contributed by atoms with van der Waals surface area (Å²) >= 11 is 3.38. The summed E-state index contributed by atoms with van der Waals surface area (Å²) in [5.41, 5.74) is 3.09. The lowest BCUT2D eigenvalue weighted by molar-refractivity contribution is 1.04. The number of hydrogen-bond acceptors (Lipinski definition) is 3. The van der Waals surface area contributed by atoms with Crippen molar-refractivity contribution >= 4 is 32.5 Å². The Morgan fingerprint density at radius 3 is 2.84 bits per heavy atom. The van der Waals surface area contributed by atoms with Crippen LogP contribution in [0.15, 0.2) is 59.3 Å². The molecule has 94 valence electrons. The number of nitrogens with one attached hydrogen (secondary N) is 1. The Kier molecular flexibility index (Phi) is 3.42. The minimum Gasteiger partial charge on any atom is -0.379 e. The molecule has 3 rings (SSSR count). The second kappa shape index (κ2) is 5.36. The highest BCUT2D eigenvalue weighted by atomic mass is 79.9. The Labute approximate surface area is 119 Å². The number of benzene rings is 1. The fourth-order valence-electron chi connectivity index (χ4n) is 1.89. The maximum Gasteiger partial charge on any atom is 0.0703 e. The van der Waals surface area contributed by atoms with Gasteiger partial charge in [-0.15, -0.1) is 0 Å². The van der Waals surface area contributed by atoms with E-state index in [0.717, 1.165) is 26.8 Å². The first-order valence-electron chi connectivity index (χ1n) is 6.00. The van der Waals surface area contributed by atoms with Gasteiger partial charge in [0.2, 0.25) is 0 Å². The lowest BCUT2D eigenvalue weighted by Crippen LogP contribution is -2.01. The van der Waals surface area contributed by atoms with Gasteiger partial charge in [0.05, 0.1) is 17.8 Å². The minimum atomic E-state index is 0.707. The quantitative estimate of drug-likeness (QED) is 0.794. The molecule has 1 aromatic carbocycles. The van der Waals surface area contributed by atoms with Gasteiger partial charge in [0.25, 0.3) is 0 Å². The molecule has 2 heterocycles. The molecule has 0 aliphatic rings. The number of pyridine rings is 2. The van der Waals surface area contributed by atoms with Crippen molar-refractivity contribution in [3.63, 3.8) is 0 Å². The van der Waals surface area contributed by atoms with Gasteiger partial charge in [-0.1, -0.05) is 6.07 Å². The average molecular weight is 314 g/mol. The van der Waals surface area contributed by atoms with Crippen LogP contribution in [0.5, 0.6) is 0 Å². The van der Waals surface area contributed by atoms with Gasteiger partial charge in [-0.25, -0.2) is 0 Å². The third-order valence-corrected chi connectivity index (χ3v) is 3.33. The van der Waals surface area contributed by atoms with Crippen LogP contribution in [0.4, 0.5) is 5.69 Å². The number of halogens is 1. The first-order valence-corrected chi connectivity index (χ1v) is 6.80. The third-order valence-electron chi connectivity index (χ3n) is 2.87. The van der Waals surface area contributed by atoms with E-state index in [2.05, 4.69) is 43.3 Å². The molecule has 0 aliphatic carbocycles. The lowest BCUT2D eigenvalue weighted by Gasteiger charge is -2.07. The van der Waals surface area contributed by atoms with Crippen molar-refractivity contribution in [3.8, 4) is 0 Å². The van der Waals surface area contributed by atoms with Gasteiger partial charge in [0.15, 0.2) is 0 Å². The molecule has 19 heavy (non-hydrogen) atoms. The van der Waals surface area contributed by atoms with Crippen LogP contribution in [-0.4, -0.2) is 9.97 Å². The van der Waals surface area contributed by atoms with Gasteiger partial charge < -0.3 is 5.32 Å². The topological polar surface area (TPSA) is 37.8 Å². The summed E-state index contributed by atoms with van der Waals surface area (Å²) in [6, 6.07) is 14.2. The van der Waals surface area contributed by atoms with Crippen molar-refractivity contribution in [2.24, 2.45) is 0 Å². The maximum absolute atomic E-state index is 4.33. The number of rotatable bonds is 3. The SMILES string of the molecule is Brc1ccc(CNc2ccc3ncccc3c2)nc1. The van der Waals surface area contributed by atoms with Crippen LogP contribution in [0.3, 0.4) is 0 Å². The number of hydrogen-bond donors (Lipinski definition) is 1. The summed E-state index contributed by atoms with van der Waals surface area (Å²) in [4.78, 5) is 8.64. The van der Waals surface area contributed by atoms with E-state index in [4.69, 9.17) is 0 Å². The normalized spacial score (nSPS) is 10.6. The maximum atomic E-state index is 4.33. The molecule has 2 aromatic heterocycles. The highest BCUT2D eigenvalue weighted by Crippen LogP contribution is 2.17. The smallest absolute Gasteiger partial charge is 0.0703 e. The van der Waals surface area contributed by atoms with E-state index in [0.29, 0.717) is 6.54 Å². The summed E-state index contributed by atoms with van der Waals surface area (Å²) in [6.45, 7) is 0.707. The summed E-state index contributed by atoms with van der Waals surface area (Å²) < 4.78 is 0.994. The van der Waals surface area contributed by atoms with Crippen molar-refractivity contribution in [1.82, 2.24) is 9.97 Å². The van der Waals surface area contributed by atoms with Crippen LogP contribution >= 0.6 is 15.9 Å². The van der Waals surface area contributed by atoms with E-state index in [-0.39, 0.29) is 0 Å². The summed E-state index contributed by atoms with van der Waals surface area (Å²) in [7, 11) is 0. The van der Waals surface area contributed by atoms with Crippen molar-refractivity contribution in [2.75, 3.05) is 5.32 Å². The molecule has 3 aromatic rings. The van der Waals surface area contributed by atoms with Gasteiger partial charge >= 0.3 is 0 Å². The van der Waals surface area contributed by atoms with Crippen LogP contribution in [0.1, 0.15) is 5.69 Å². The Morgan fingerprint density at radius 1 is 1.05 bits per heavy atom. The molecule has 3 nitrogen and oxygen atoms in total. The van der Waals surface area contributed by atoms with Crippen LogP contribution in [0.25, 0.3) is 10.9 Å². The minimum absolute atomic E-state index is 0.707. The molecule has 1 N–H and O–H groups in total. The fourth-order valence-corrected chi connectivity index (χ4v) is 2.12. The lowest BCUT2D eigenvalue weighted by atomic mass is 10.2. The molecule has 0 unspecified atom stereocenters. The second-order valence-electron chi connectivity index (χ2n) is 4.23. The Hall–Kier alpha value is -1.94. The molecule has 4 heteroatoms. The van der Waals surface area contributed by atoms with Crippen LogP contribution in [0.2, 0.25) is 0 Å². The Morgan fingerprint density at radius 2 is 2.00 bits per heavy atom. The van der Waals surface area contributed by atoms with E-state index < -0.39 is 0 Å². The predicted octanol–water partition coefficient (Wildman–Crippen LogP) is 4.00. The van der Waals surface area contributed by atoms with Gasteiger partial charge in [-0.05, 0) is 52.3 Å². The summed E-state index contributed by atoms with van der Waals surface area (Å²) in [5.74, 6) is 0. The Bertz CT molecular complexity index is 695. The number of anilines is 1. The molecular formula is C15H12BrN3. The van der Waals surface area contributed by atoms with Crippen LogP contribution < -0.4 is 5.32 Å². The highest BCUT2D eigenvalue weighted by Gasteiger charge is 1.98. The summed E-state index contributed by atoms with van der Waals surface area (Å²) in [6.07, 6.45) is 3.61. The van der Waals surface area contributed by atoms with E-state index in [1.54, 1.807) is 12.4 Å². The molecule has 0 aliphatic heterocycles. The van der Waals surface area contributed by atoms with Crippen molar-refractivity contribution in [3.05, 3.63) is 65.0 Å². The zero-order valence-corrected chi connectivity index (χ0v) is 11.8. The number of fused-ring (bicyclic) bond motifs is 1. The van der Waals surface area contributed by atoms with Crippen molar-refractivity contribution in [2.45, 2.75) is 6.54 Å². The molecule has 0 bridgehead atoms. The largest absolute Gasteiger partial charge is 0.379 e. The Balaban J connectivity index is 1.76. The standard InChI is InChI=1S/C15H12BrN3/c16-12-3-4-14(18-9-12)10-19-13-5-6-15-11(8-13)2-1-7-17-15/h1-9,19H,10H2. The number of nitrogens with zero attached hydrogens (tertiary/aromatic N) is 2. The molecule has 0 radical (unpaired) electrons.